The maximum absolute atomic E-state index is 11.0. The molecular weight excluding hydrogens is 248 g/mol. The number of aromatic nitrogens is 2. The third kappa shape index (κ3) is 4.25. The highest BCUT2D eigenvalue weighted by Gasteiger charge is 2.13. The molecule has 102 valence electrons. The molecule has 1 aromatic heterocycles. The Balaban J connectivity index is 2.72. The summed E-state index contributed by atoms with van der Waals surface area (Å²) >= 11 is 0. The molecule has 18 heavy (non-hydrogen) atoms. The van der Waals surface area contributed by atoms with E-state index in [1.807, 2.05) is 7.05 Å². The van der Waals surface area contributed by atoms with Crippen LogP contribution in [-0.4, -0.2) is 39.8 Å². The van der Waals surface area contributed by atoms with Crippen LogP contribution in [0.4, 0.5) is 11.6 Å². The molecule has 0 fully saturated rings. The minimum absolute atomic E-state index is 0.344. The van der Waals surface area contributed by atoms with Crippen molar-refractivity contribution in [3.8, 4) is 0 Å². The monoisotopic (exact) mass is 270 g/mol. The minimum Gasteiger partial charge on any atom is -0.373 e. The van der Waals surface area contributed by atoms with Gasteiger partial charge in [-0.05, 0) is 12.3 Å². The van der Waals surface area contributed by atoms with E-state index in [4.69, 9.17) is 0 Å². The number of rotatable bonds is 7. The fourth-order valence-electron chi connectivity index (χ4n) is 1.76. The van der Waals surface area contributed by atoms with Crippen molar-refractivity contribution in [1.82, 2.24) is 9.97 Å². The quantitative estimate of drug-likeness (QED) is 0.740. The van der Waals surface area contributed by atoms with E-state index < -0.39 is 10.8 Å². The van der Waals surface area contributed by atoms with Gasteiger partial charge in [-0.15, -0.1) is 0 Å². The molecule has 0 saturated heterocycles. The van der Waals surface area contributed by atoms with Crippen LogP contribution >= 0.6 is 0 Å². The Morgan fingerprint density at radius 2 is 2.00 bits per heavy atom. The van der Waals surface area contributed by atoms with Gasteiger partial charge in [0.15, 0.2) is 0 Å². The average molecular weight is 270 g/mol. The second-order valence-electron chi connectivity index (χ2n) is 4.45. The summed E-state index contributed by atoms with van der Waals surface area (Å²) in [6.45, 7) is 5.01. The van der Waals surface area contributed by atoms with Gasteiger partial charge in [0.1, 0.15) is 18.0 Å². The zero-order valence-corrected chi connectivity index (χ0v) is 12.3. The van der Waals surface area contributed by atoms with Crippen molar-refractivity contribution in [2.75, 3.05) is 36.2 Å². The van der Waals surface area contributed by atoms with Crippen molar-refractivity contribution in [2.24, 2.45) is 0 Å². The molecule has 2 N–H and O–H groups in total. The standard InChI is InChI=1S/C12H22N4OS/c1-9(2)10-11(13-3)15-8-16-12(10)14-6-5-7-18(4)17/h8-9H,5-7H2,1-4H3,(H2,13,14,15,16). The van der Waals surface area contributed by atoms with Crippen molar-refractivity contribution < 1.29 is 4.21 Å². The van der Waals surface area contributed by atoms with Crippen LogP contribution < -0.4 is 10.6 Å². The first-order valence-corrected chi connectivity index (χ1v) is 7.85. The summed E-state index contributed by atoms with van der Waals surface area (Å²) in [6, 6.07) is 0. The van der Waals surface area contributed by atoms with E-state index in [1.54, 1.807) is 12.6 Å². The molecule has 6 heteroatoms. The van der Waals surface area contributed by atoms with Crippen LogP contribution in [0.3, 0.4) is 0 Å². The maximum Gasteiger partial charge on any atom is 0.134 e. The van der Waals surface area contributed by atoms with Crippen molar-refractivity contribution in [1.29, 1.82) is 0 Å². The molecule has 0 aromatic carbocycles. The third-order valence-corrected chi connectivity index (χ3v) is 3.46. The Labute approximate surface area is 111 Å². The fraction of sp³-hybridized carbons (Fsp3) is 0.667. The van der Waals surface area contributed by atoms with Gasteiger partial charge in [0, 0.05) is 42.0 Å². The lowest BCUT2D eigenvalue weighted by Gasteiger charge is -2.16. The van der Waals surface area contributed by atoms with Crippen LogP contribution in [0, 0.1) is 0 Å². The summed E-state index contributed by atoms with van der Waals surface area (Å²) in [5, 5.41) is 6.39. The van der Waals surface area contributed by atoms with Gasteiger partial charge in [0.25, 0.3) is 0 Å². The van der Waals surface area contributed by atoms with Crippen molar-refractivity contribution in [2.45, 2.75) is 26.2 Å². The number of nitrogens with one attached hydrogen (secondary N) is 2. The zero-order valence-electron chi connectivity index (χ0n) is 11.5. The number of anilines is 2. The van der Waals surface area contributed by atoms with Crippen LogP contribution in [0.2, 0.25) is 0 Å². The van der Waals surface area contributed by atoms with Gasteiger partial charge >= 0.3 is 0 Å². The second kappa shape index (κ2) is 7.31. The Bertz CT molecular complexity index is 409. The second-order valence-corrected chi connectivity index (χ2v) is 6.00. The molecule has 0 aliphatic rings. The van der Waals surface area contributed by atoms with E-state index in [1.165, 1.54) is 0 Å². The van der Waals surface area contributed by atoms with Gasteiger partial charge in [-0.2, -0.15) is 0 Å². The zero-order chi connectivity index (χ0) is 13.5. The first-order valence-electron chi connectivity index (χ1n) is 6.12. The third-order valence-electron chi connectivity index (χ3n) is 2.60. The van der Waals surface area contributed by atoms with Gasteiger partial charge in [-0.1, -0.05) is 13.8 Å². The average Bonchev–Trinajstić information content (AvgIpc) is 2.33. The van der Waals surface area contributed by atoms with E-state index in [9.17, 15) is 4.21 Å². The highest BCUT2D eigenvalue weighted by Crippen LogP contribution is 2.27. The van der Waals surface area contributed by atoms with E-state index >= 15 is 0 Å². The predicted molar refractivity (Wildman–Crippen MR) is 77.7 cm³/mol. The predicted octanol–water partition coefficient (Wildman–Crippen LogP) is 1.82. The highest BCUT2D eigenvalue weighted by atomic mass is 32.2. The lowest BCUT2D eigenvalue weighted by molar-refractivity contribution is 0.685. The Hall–Kier alpha value is -1.17. The molecule has 0 bridgehead atoms. The number of nitrogens with zero attached hydrogens (tertiary/aromatic N) is 2. The van der Waals surface area contributed by atoms with Gasteiger partial charge in [0.05, 0.1) is 0 Å². The minimum atomic E-state index is -0.729. The summed E-state index contributed by atoms with van der Waals surface area (Å²) < 4.78 is 11.0. The smallest absolute Gasteiger partial charge is 0.134 e. The van der Waals surface area contributed by atoms with E-state index in [2.05, 4.69) is 34.4 Å². The lowest BCUT2D eigenvalue weighted by atomic mass is 10.0. The molecule has 1 aromatic rings. The SMILES string of the molecule is CNc1ncnc(NCCCS(C)=O)c1C(C)C. The largest absolute Gasteiger partial charge is 0.373 e. The fourth-order valence-corrected chi connectivity index (χ4v) is 2.32. The van der Waals surface area contributed by atoms with Crippen molar-refractivity contribution in [3.63, 3.8) is 0 Å². The highest BCUT2D eigenvalue weighted by molar-refractivity contribution is 7.84. The molecule has 1 atom stereocenters. The molecule has 1 rings (SSSR count). The Morgan fingerprint density at radius 1 is 1.33 bits per heavy atom. The first kappa shape index (κ1) is 14.9. The molecule has 0 saturated carbocycles. The first-order chi connectivity index (χ1) is 8.56. The summed E-state index contributed by atoms with van der Waals surface area (Å²) in [5.41, 5.74) is 1.10. The molecule has 1 heterocycles. The molecular formula is C12H22N4OS. The number of hydrogen-bond acceptors (Lipinski definition) is 5. The summed E-state index contributed by atoms with van der Waals surface area (Å²) in [7, 11) is 1.13. The van der Waals surface area contributed by atoms with Crippen LogP contribution in [0.15, 0.2) is 6.33 Å². The van der Waals surface area contributed by atoms with Gasteiger partial charge < -0.3 is 10.6 Å². The molecule has 0 spiro atoms. The number of hydrogen-bond donors (Lipinski definition) is 2. The normalized spacial score (nSPS) is 12.5. The van der Waals surface area contributed by atoms with Crippen LogP contribution in [0.5, 0.6) is 0 Å². The van der Waals surface area contributed by atoms with Crippen molar-refractivity contribution >= 4 is 22.4 Å². The van der Waals surface area contributed by atoms with Crippen molar-refractivity contribution in [3.05, 3.63) is 11.9 Å². The summed E-state index contributed by atoms with van der Waals surface area (Å²) in [4.78, 5) is 8.51. The Kier molecular flexibility index (Phi) is 6.04. The maximum atomic E-state index is 11.0. The molecule has 1 unspecified atom stereocenters. The topological polar surface area (TPSA) is 66.9 Å². The van der Waals surface area contributed by atoms with Crippen LogP contribution in [-0.2, 0) is 10.8 Å². The van der Waals surface area contributed by atoms with Gasteiger partial charge in [0.2, 0.25) is 0 Å². The molecule has 0 radical (unpaired) electrons. The molecule has 5 nitrogen and oxygen atoms in total. The van der Waals surface area contributed by atoms with Gasteiger partial charge in [-0.25, -0.2) is 9.97 Å². The molecule has 0 aliphatic heterocycles. The van der Waals surface area contributed by atoms with E-state index in [0.717, 1.165) is 30.2 Å². The molecule has 0 aliphatic carbocycles. The summed E-state index contributed by atoms with van der Waals surface area (Å²) in [6.07, 6.45) is 4.15. The molecule has 0 amide bonds. The van der Waals surface area contributed by atoms with E-state index in [-0.39, 0.29) is 0 Å². The summed E-state index contributed by atoms with van der Waals surface area (Å²) in [5.74, 6) is 2.79. The van der Waals surface area contributed by atoms with Gasteiger partial charge in [-0.3, -0.25) is 4.21 Å². The van der Waals surface area contributed by atoms with E-state index in [0.29, 0.717) is 11.7 Å². The van der Waals surface area contributed by atoms with Crippen LogP contribution in [0.25, 0.3) is 0 Å². The lowest BCUT2D eigenvalue weighted by Crippen LogP contribution is -2.12. The van der Waals surface area contributed by atoms with Crippen LogP contribution in [0.1, 0.15) is 31.7 Å². The Morgan fingerprint density at radius 3 is 2.56 bits per heavy atom.